The van der Waals surface area contributed by atoms with E-state index in [9.17, 15) is 0 Å². The minimum Gasteiger partial charge on any atom is -0.493 e. The van der Waals surface area contributed by atoms with Crippen LogP contribution >= 0.6 is 11.3 Å². The van der Waals surface area contributed by atoms with Crippen molar-refractivity contribution in [3.8, 4) is 5.75 Å². The predicted octanol–water partition coefficient (Wildman–Crippen LogP) is 4.23. The Balaban J connectivity index is 1.66. The second-order valence-corrected chi connectivity index (χ2v) is 5.79. The molecule has 0 saturated heterocycles. The number of nitrogens with zero attached hydrogens (tertiary/aromatic N) is 1. The summed E-state index contributed by atoms with van der Waals surface area (Å²) >= 11 is 1.67. The van der Waals surface area contributed by atoms with Gasteiger partial charge in [-0.3, -0.25) is 0 Å². The SMILES string of the molecule is c1ccc2c(c1)OCCC2Nc1ccc2ncsc2c1. The van der Waals surface area contributed by atoms with Gasteiger partial charge in [0, 0.05) is 17.7 Å². The number of hydrogen-bond donors (Lipinski definition) is 1. The Labute approximate surface area is 121 Å². The molecule has 1 aliphatic heterocycles. The van der Waals surface area contributed by atoms with Crippen LogP contribution in [0.1, 0.15) is 18.0 Å². The molecule has 0 spiro atoms. The first-order valence-corrected chi connectivity index (χ1v) is 7.60. The number of benzene rings is 2. The van der Waals surface area contributed by atoms with Crippen molar-refractivity contribution in [2.45, 2.75) is 12.5 Å². The Kier molecular flexibility index (Phi) is 2.81. The predicted molar refractivity (Wildman–Crippen MR) is 82.5 cm³/mol. The van der Waals surface area contributed by atoms with E-state index in [4.69, 9.17) is 4.74 Å². The summed E-state index contributed by atoms with van der Waals surface area (Å²) in [4.78, 5) is 4.31. The van der Waals surface area contributed by atoms with Gasteiger partial charge in [-0.25, -0.2) is 4.98 Å². The van der Waals surface area contributed by atoms with Crippen LogP contribution in [0.4, 0.5) is 5.69 Å². The van der Waals surface area contributed by atoms with Gasteiger partial charge in [-0.2, -0.15) is 0 Å². The molecule has 4 heteroatoms. The smallest absolute Gasteiger partial charge is 0.124 e. The number of thiazole rings is 1. The highest BCUT2D eigenvalue weighted by Gasteiger charge is 2.20. The Bertz CT molecular complexity index is 753. The Morgan fingerprint density at radius 2 is 2.15 bits per heavy atom. The van der Waals surface area contributed by atoms with Gasteiger partial charge in [0.1, 0.15) is 5.75 Å². The number of para-hydroxylation sites is 1. The van der Waals surface area contributed by atoms with Crippen LogP contribution in [0.25, 0.3) is 10.2 Å². The Hall–Kier alpha value is -2.07. The normalized spacial score (nSPS) is 17.5. The summed E-state index contributed by atoms with van der Waals surface area (Å²) in [5, 5.41) is 3.62. The first-order chi connectivity index (χ1) is 9.90. The molecule has 0 aliphatic carbocycles. The van der Waals surface area contributed by atoms with Crippen LogP contribution in [-0.4, -0.2) is 11.6 Å². The van der Waals surface area contributed by atoms with Crippen molar-refractivity contribution in [3.63, 3.8) is 0 Å². The molecule has 1 aromatic heterocycles. The van der Waals surface area contributed by atoms with E-state index in [0.717, 1.165) is 30.0 Å². The molecule has 0 amide bonds. The van der Waals surface area contributed by atoms with E-state index in [1.807, 2.05) is 17.6 Å². The maximum Gasteiger partial charge on any atom is 0.124 e. The lowest BCUT2D eigenvalue weighted by Gasteiger charge is -2.27. The highest BCUT2D eigenvalue weighted by Crippen LogP contribution is 2.34. The molecule has 0 saturated carbocycles. The van der Waals surface area contributed by atoms with E-state index in [1.165, 1.54) is 10.3 Å². The summed E-state index contributed by atoms with van der Waals surface area (Å²) < 4.78 is 6.92. The van der Waals surface area contributed by atoms with Crippen molar-refractivity contribution in [3.05, 3.63) is 53.5 Å². The number of nitrogens with one attached hydrogen (secondary N) is 1. The molecule has 1 atom stereocenters. The maximum absolute atomic E-state index is 5.70. The lowest BCUT2D eigenvalue weighted by molar-refractivity contribution is 0.274. The van der Waals surface area contributed by atoms with Crippen LogP contribution in [-0.2, 0) is 0 Å². The van der Waals surface area contributed by atoms with E-state index >= 15 is 0 Å². The molecule has 3 nitrogen and oxygen atoms in total. The summed E-state index contributed by atoms with van der Waals surface area (Å²) in [5.74, 6) is 0.995. The topological polar surface area (TPSA) is 34.1 Å². The number of fused-ring (bicyclic) bond motifs is 2. The lowest BCUT2D eigenvalue weighted by Crippen LogP contribution is -2.20. The molecule has 1 unspecified atom stereocenters. The third kappa shape index (κ3) is 2.02. The molecule has 100 valence electrons. The first-order valence-electron chi connectivity index (χ1n) is 6.72. The fourth-order valence-electron chi connectivity index (χ4n) is 2.64. The Morgan fingerprint density at radius 1 is 1.20 bits per heavy atom. The van der Waals surface area contributed by atoms with E-state index in [1.54, 1.807) is 11.3 Å². The fourth-order valence-corrected chi connectivity index (χ4v) is 3.35. The number of hydrogen-bond acceptors (Lipinski definition) is 4. The van der Waals surface area contributed by atoms with Crippen LogP contribution in [0.2, 0.25) is 0 Å². The highest BCUT2D eigenvalue weighted by molar-refractivity contribution is 7.16. The van der Waals surface area contributed by atoms with Crippen LogP contribution < -0.4 is 10.1 Å². The monoisotopic (exact) mass is 282 g/mol. The molecule has 20 heavy (non-hydrogen) atoms. The van der Waals surface area contributed by atoms with E-state index < -0.39 is 0 Å². The third-order valence-electron chi connectivity index (χ3n) is 3.63. The largest absolute Gasteiger partial charge is 0.493 e. The molecule has 1 N–H and O–H groups in total. The van der Waals surface area contributed by atoms with Crippen molar-refractivity contribution in [2.24, 2.45) is 0 Å². The summed E-state index contributed by atoms with van der Waals surface area (Å²) in [6, 6.07) is 14.9. The lowest BCUT2D eigenvalue weighted by atomic mass is 10.0. The summed E-state index contributed by atoms with van der Waals surface area (Å²) in [7, 11) is 0. The van der Waals surface area contributed by atoms with Crippen LogP contribution in [0.15, 0.2) is 48.0 Å². The summed E-state index contributed by atoms with van der Waals surface area (Å²) in [6.45, 7) is 0.761. The van der Waals surface area contributed by atoms with Crippen molar-refractivity contribution in [1.29, 1.82) is 0 Å². The molecular formula is C16H14N2OS. The summed E-state index contributed by atoms with van der Waals surface area (Å²) in [5.41, 5.74) is 5.33. The minimum atomic E-state index is 0.310. The van der Waals surface area contributed by atoms with Gasteiger partial charge >= 0.3 is 0 Å². The zero-order chi connectivity index (χ0) is 13.4. The average molecular weight is 282 g/mol. The second kappa shape index (κ2) is 4.80. The highest BCUT2D eigenvalue weighted by atomic mass is 32.1. The van der Waals surface area contributed by atoms with Gasteiger partial charge in [0.05, 0.1) is 28.4 Å². The number of anilines is 1. The van der Waals surface area contributed by atoms with Crippen molar-refractivity contribution < 1.29 is 4.74 Å². The minimum absolute atomic E-state index is 0.310. The van der Waals surface area contributed by atoms with Crippen LogP contribution in [0, 0.1) is 0 Å². The number of rotatable bonds is 2. The molecule has 0 bridgehead atoms. The molecule has 0 radical (unpaired) electrons. The van der Waals surface area contributed by atoms with Gasteiger partial charge in [0.2, 0.25) is 0 Å². The molecular weight excluding hydrogens is 268 g/mol. The average Bonchev–Trinajstić information content (AvgIpc) is 2.95. The maximum atomic E-state index is 5.70. The van der Waals surface area contributed by atoms with Crippen molar-refractivity contribution >= 4 is 27.2 Å². The molecule has 0 fully saturated rings. The van der Waals surface area contributed by atoms with Crippen LogP contribution in [0.5, 0.6) is 5.75 Å². The molecule has 2 aromatic carbocycles. The molecule has 2 heterocycles. The zero-order valence-corrected chi connectivity index (χ0v) is 11.7. The number of aromatic nitrogens is 1. The van der Waals surface area contributed by atoms with Gasteiger partial charge in [0.15, 0.2) is 0 Å². The van der Waals surface area contributed by atoms with E-state index in [0.29, 0.717) is 6.04 Å². The standard InChI is InChI=1S/C16H14N2OS/c1-2-4-15-12(3-1)13(7-8-19-15)18-11-5-6-14-16(9-11)20-10-17-14/h1-6,9-10,13,18H,7-8H2. The van der Waals surface area contributed by atoms with E-state index in [-0.39, 0.29) is 0 Å². The van der Waals surface area contributed by atoms with Gasteiger partial charge in [0.25, 0.3) is 0 Å². The van der Waals surface area contributed by atoms with Gasteiger partial charge in [-0.1, -0.05) is 18.2 Å². The molecule has 4 rings (SSSR count). The fraction of sp³-hybridized carbons (Fsp3) is 0.188. The zero-order valence-electron chi connectivity index (χ0n) is 10.9. The van der Waals surface area contributed by atoms with Crippen molar-refractivity contribution in [2.75, 3.05) is 11.9 Å². The number of ether oxygens (including phenoxy) is 1. The van der Waals surface area contributed by atoms with Crippen molar-refractivity contribution in [1.82, 2.24) is 4.98 Å². The Morgan fingerprint density at radius 3 is 3.15 bits per heavy atom. The first kappa shape index (κ1) is 11.7. The summed E-state index contributed by atoms with van der Waals surface area (Å²) in [6.07, 6.45) is 0.984. The third-order valence-corrected chi connectivity index (χ3v) is 4.42. The molecule has 3 aromatic rings. The van der Waals surface area contributed by atoms with Gasteiger partial charge in [-0.05, 0) is 24.3 Å². The van der Waals surface area contributed by atoms with Crippen LogP contribution in [0.3, 0.4) is 0 Å². The van der Waals surface area contributed by atoms with E-state index in [2.05, 4.69) is 40.6 Å². The van der Waals surface area contributed by atoms with Gasteiger partial charge in [-0.15, -0.1) is 11.3 Å². The second-order valence-electron chi connectivity index (χ2n) is 4.91. The molecule has 1 aliphatic rings. The quantitative estimate of drug-likeness (QED) is 0.763. The van der Waals surface area contributed by atoms with Gasteiger partial charge < -0.3 is 10.1 Å².